The van der Waals surface area contributed by atoms with Crippen molar-refractivity contribution in [3.05, 3.63) is 45.8 Å². The number of hydrogen-bond donors (Lipinski definition) is 0. The number of amides is 2. The highest BCUT2D eigenvalue weighted by Crippen LogP contribution is 2.25. The van der Waals surface area contributed by atoms with E-state index in [-0.39, 0.29) is 0 Å². The summed E-state index contributed by atoms with van der Waals surface area (Å²) in [7, 11) is 0. The predicted octanol–water partition coefficient (Wildman–Crippen LogP) is 2.33. The van der Waals surface area contributed by atoms with Crippen LogP contribution in [0.5, 0.6) is 0 Å². The molecule has 1 unspecified atom stereocenters. The molecule has 0 fully saturated rings. The topological polar surface area (TPSA) is 86.1 Å². The molecular formula is C11H10N4O2. The van der Waals surface area contributed by atoms with Gasteiger partial charge in [0.1, 0.15) is 6.17 Å². The monoisotopic (exact) mass is 230 g/mol. The number of imide groups is 1. The van der Waals surface area contributed by atoms with Crippen LogP contribution < -0.4 is 0 Å². The third-order valence-electron chi connectivity index (χ3n) is 2.67. The molecule has 6 heteroatoms. The number of carbonyl (C=O) groups excluding carboxylic acids is 2. The van der Waals surface area contributed by atoms with Gasteiger partial charge in [-0.1, -0.05) is 24.2 Å². The molecule has 1 aliphatic heterocycles. The normalized spacial score (nSPS) is 15.5. The number of benzene rings is 1. The van der Waals surface area contributed by atoms with Crippen molar-refractivity contribution in [3.63, 3.8) is 0 Å². The van der Waals surface area contributed by atoms with Crippen molar-refractivity contribution in [2.24, 2.45) is 5.11 Å². The molecule has 0 saturated carbocycles. The minimum Gasteiger partial charge on any atom is -0.269 e. The van der Waals surface area contributed by atoms with Gasteiger partial charge in [0.05, 0.1) is 11.1 Å². The SMILES string of the molecule is CCC(N=[N+]=[N-])N1C(=O)c2ccccc2C1=O. The van der Waals surface area contributed by atoms with Gasteiger partial charge < -0.3 is 0 Å². The average molecular weight is 230 g/mol. The smallest absolute Gasteiger partial charge is 0.261 e. The van der Waals surface area contributed by atoms with Crippen LogP contribution >= 0.6 is 0 Å². The molecule has 6 nitrogen and oxygen atoms in total. The van der Waals surface area contributed by atoms with Crippen molar-refractivity contribution in [2.45, 2.75) is 19.5 Å². The van der Waals surface area contributed by atoms with Crippen LogP contribution in [0.25, 0.3) is 10.4 Å². The minimum absolute atomic E-state index is 0.365. The molecule has 86 valence electrons. The largest absolute Gasteiger partial charge is 0.269 e. The Bertz CT molecular complexity index is 499. The summed E-state index contributed by atoms with van der Waals surface area (Å²) in [5.74, 6) is -0.797. The highest BCUT2D eigenvalue weighted by atomic mass is 16.2. The lowest BCUT2D eigenvalue weighted by Gasteiger charge is -2.20. The Morgan fingerprint density at radius 3 is 2.24 bits per heavy atom. The summed E-state index contributed by atoms with van der Waals surface area (Å²) >= 11 is 0. The maximum Gasteiger partial charge on any atom is 0.261 e. The van der Waals surface area contributed by atoms with Crippen molar-refractivity contribution in [1.29, 1.82) is 0 Å². The van der Waals surface area contributed by atoms with Crippen LogP contribution in [0.3, 0.4) is 0 Å². The molecule has 17 heavy (non-hydrogen) atoms. The molecule has 0 N–H and O–H groups in total. The highest BCUT2D eigenvalue weighted by Gasteiger charge is 2.38. The molecule has 0 spiro atoms. The van der Waals surface area contributed by atoms with Crippen LogP contribution in [-0.2, 0) is 0 Å². The van der Waals surface area contributed by atoms with E-state index in [1.165, 1.54) is 0 Å². The van der Waals surface area contributed by atoms with Crippen LogP contribution in [0.1, 0.15) is 34.1 Å². The molecule has 0 aliphatic carbocycles. The first kappa shape index (κ1) is 11.2. The van der Waals surface area contributed by atoms with Crippen LogP contribution in [0, 0.1) is 0 Å². The van der Waals surface area contributed by atoms with Crippen molar-refractivity contribution < 1.29 is 9.59 Å². The zero-order valence-electron chi connectivity index (χ0n) is 9.20. The summed E-state index contributed by atoms with van der Waals surface area (Å²) in [5, 5.41) is 3.47. The fourth-order valence-electron chi connectivity index (χ4n) is 1.85. The molecule has 1 aromatic rings. The lowest BCUT2D eigenvalue weighted by Crippen LogP contribution is -2.38. The first-order chi connectivity index (χ1) is 8.20. The van der Waals surface area contributed by atoms with E-state index in [4.69, 9.17) is 5.53 Å². The van der Waals surface area contributed by atoms with E-state index in [9.17, 15) is 9.59 Å². The molecule has 1 aliphatic rings. The second-order valence-electron chi connectivity index (χ2n) is 3.62. The van der Waals surface area contributed by atoms with Gasteiger partial charge in [0.2, 0.25) is 0 Å². The van der Waals surface area contributed by atoms with Crippen molar-refractivity contribution >= 4 is 11.8 Å². The summed E-state index contributed by atoms with van der Waals surface area (Å²) in [5.41, 5.74) is 9.16. The molecule has 1 heterocycles. The molecule has 2 rings (SSSR count). The van der Waals surface area contributed by atoms with Crippen LogP contribution in [-0.4, -0.2) is 22.9 Å². The number of carbonyl (C=O) groups is 2. The van der Waals surface area contributed by atoms with Gasteiger partial charge in [-0.15, -0.1) is 0 Å². The summed E-state index contributed by atoms with van der Waals surface area (Å²) in [4.78, 5) is 27.7. The first-order valence-electron chi connectivity index (χ1n) is 5.21. The van der Waals surface area contributed by atoms with Crippen molar-refractivity contribution in [2.75, 3.05) is 0 Å². The Labute approximate surface area is 97.5 Å². The summed E-state index contributed by atoms with van der Waals surface area (Å²) in [6.07, 6.45) is -0.359. The zero-order chi connectivity index (χ0) is 12.4. The summed E-state index contributed by atoms with van der Waals surface area (Å²) < 4.78 is 0. The number of rotatable bonds is 3. The van der Waals surface area contributed by atoms with Gasteiger partial charge in [0.25, 0.3) is 11.8 Å². The van der Waals surface area contributed by atoms with Gasteiger partial charge in [-0.05, 0) is 24.1 Å². The fourth-order valence-corrected chi connectivity index (χ4v) is 1.85. The van der Waals surface area contributed by atoms with E-state index >= 15 is 0 Å². The van der Waals surface area contributed by atoms with E-state index < -0.39 is 18.0 Å². The summed E-state index contributed by atoms with van der Waals surface area (Å²) in [6.45, 7) is 1.75. The van der Waals surface area contributed by atoms with Gasteiger partial charge in [-0.2, -0.15) is 0 Å². The predicted molar refractivity (Wildman–Crippen MR) is 60.2 cm³/mol. The van der Waals surface area contributed by atoms with E-state index in [1.54, 1.807) is 31.2 Å². The quantitative estimate of drug-likeness (QED) is 0.345. The Morgan fingerprint density at radius 1 is 1.29 bits per heavy atom. The number of hydrogen-bond acceptors (Lipinski definition) is 3. The van der Waals surface area contributed by atoms with E-state index in [0.717, 1.165) is 4.90 Å². The van der Waals surface area contributed by atoms with E-state index in [0.29, 0.717) is 17.5 Å². The molecule has 2 amide bonds. The number of azide groups is 1. The van der Waals surface area contributed by atoms with Crippen LogP contribution in [0.2, 0.25) is 0 Å². The third-order valence-corrected chi connectivity index (χ3v) is 2.67. The van der Waals surface area contributed by atoms with Gasteiger partial charge in [-0.25, -0.2) is 0 Å². The molecule has 1 aromatic carbocycles. The second kappa shape index (κ2) is 4.27. The molecule has 0 radical (unpaired) electrons. The minimum atomic E-state index is -0.757. The number of fused-ring (bicyclic) bond motifs is 1. The molecular weight excluding hydrogens is 220 g/mol. The van der Waals surface area contributed by atoms with E-state index in [2.05, 4.69) is 10.0 Å². The van der Waals surface area contributed by atoms with E-state index in [1.807, 2.05) is 0 Å². The lowest BCUT2D eigenvalue weighted by molar-refractivity contribution is 0.0584. The maximum atomic E-state index is 12.0. The zero-order valence-corrected chi connectivity index (χ0v) is 9.20. The van der Waals surface area contributed by atoms with Gasteiger partial charge in [-0.3, -0.25) is 14.5 Å². The summed E-state index contributed by atoms with van der Waals surface area (Å²) in [6, 6.07) is 6.58. The Kier molecular flexibility index (Phi) is 2.80. The standard InChI is InChI=1S/C11H10N4O2/c1-2-9(13-14-12)15-10(16)7-5-3-4-6-8(7)11(15)17/h3-6,9H,2H2,1H3. The van der Waals surface area contributed by atoms with Crippen molar-refractivity contribution in [1.82, 2.24) is 4.90 Å². The van der Waals surface area contributed by atoms with Crippen LogP contribution in [0.15, 0.2) is 29.4 Å². The molecule has 0 saturated heterocycles. The third kappa shape index (κ3) is 1.64. The van der Waals surface area contributed by atoms with Crippen molar-refractivity contribution in [3.8, 4) is 0 Å². The Morgan fingerprint density at radius 2 is 1.82 bits per heavy atom. The Balaban J connectivity index is 2.45. The second-order valence-corrected chi connectivity index (χ2v) is 3.62. The number of nitrogens with zero attached hydrogens (tertiary/aromatic N) is 4. The van der Waals surface area contributed by atoms with Gasteiger partial charge >= 0.3 is 0 Å². The fraction of sp³-hybridized carbons (Fsp3) is 0.273. The molecule has 1 atom stereocenters. The van der Waals surface area contributed by atoms with Gasteiger partial charge in [0, 0.05) is 4.91 Å². The molecule has 0 bridgehead atoms. The lowest BCUT2D eigenvalue weighted by atomic mass is 10.1. The highest BCUT2D eigenvalue weighted by molar-refractivity contribution is 6.21. The molecule has 0 aromatic heterocycles. The average Bonchev–Trinajstić information content (AvgIpc) is 2.61. The Hall–Kier alpha value is -2.33. The first-order valence-corrected chi connectivity index (χ1v) is 5.21. The maximum absolute atomic E-state index is 12.0. The van der Waals surface area contributed by atoms with Gasteiger partial charge in [0.15, 0.2) is 0 Å². The van der Waals surface area contributed by atoms with Crippen LogP contribution in [0.4, 0.5) is 0 Å².